The third-order valence-corrected chi connectivity index (χ3v) is 6.29. The minimum absolute atomic E-state index is 0.0194. The number of halogens is 1. The van der Waals surface area contributed by atoms with Gasteiger partial charge in [0.05, 0.1) is 11.8 Å². The summed E-state index contributed by atoms with van der Waals surface area (Å²) >= 11 is 3.32. The maximum absolute atomic E-state index is 13.0. The van der Waals surface area contributed by atoms with E-state index in [1.54, 1.807) is 17.2 Å². The lowest BCUT2D eigenvalue weighted by Crippen LogP contribution is -2.46. The Bertz CT molecular complexity index is 765. The van der Waals surface area contributed by atoms with Crippen LogP contribution in [0.4, 0.5) is 5.82 Å². The summed E-state index contributed by atoms with van der Waals surface area (Å²) in [7, 11) is 0. The van der Waals surface area contributed by atoms with Crippen LogP contribution in [0.1, 0.15) is 32.1 Å². The lowest BCUT2D eigenvalue weighted by Gasteiger charge is -2.33. The summed E-state index contributed by atoms with van der Waals surface area (Å²) in [6, 6.07) is 3.57. The molecule has 3 amide bonds. The SMILES string of the molecule is O=C(Nc1ccc(Br)cn1)C1CCCN(C(=O)C2CC(=O)N(CC3CC3)C2)C1. The monoisotopic (exact) mass is 448 g/mol. The van der Waals surface area contributed by atoms with Crippen LogP contribution in [-0.4, -0.2) is 58.7 Å². The summed E-state index contributed by atoms with van der Waals surface area (Å²) in [5.41, 5.74) is 0. The van der Waals surface area contributed by atoms with Gasteiger partial charge in [0.15, 0.2) is 0 Å². The lowest BCUT2D eigenvalue weighted by molar-refractivity contribution is -0.138. The molecule has 0 radical (unpaired) electrons. The van der Waals surface area contributed by atoms with Gasteiger partial charge in [0.25, 0.3) is 0 Å². The van der Waals surface area contributed by atoms with Crippen LogP contribution in [0.15, 0.2) is 22.8 Å². The number of piperidine rings is 1. The van der Waals surface area contributed by atoms with Crippen LogP contribution >= 0.6 is 15.9 Å². The van der Waals surface area contributed by atoms with Crippen LogP contribution in [0.2, 0.25) is 0 Å². The molecule has 3 fully saturated rings. The van der Waals surface area contributed by atoms with Crippen LogP contribution in [0.3, 0.4) is 0 Å². The van der Waals surface area contributed by atoms with Gasteiger partial charge in [-0.3, -0.25) is 14.4 Å². The normalized spacial score (nSPS) is 25.1. The van der Waals surface area contributed by atoms with Gasteiger partial charge in [-0.2, -0.15) is 0 Å². The second-order valence-electron chi connectivity index (χ2n) is 8.12. The Balaban J connectivity index is 1.32. The fourth-order valence-electron chi connectivity index (χ4n) is 4.05. The van der Waals surface area contributed by atoms with Crippen molar-refractivity contribution in [2.75, 3.05) is 31.5 Å². The summed E-state index contributed by atoms with van der Waals surface area (Å²) < 4.78 is 0.849. The number of carbonyl (C=O) groups excluding carboxylic acids is 3. The Morgan fingerprint density at radius 3 is 2.71 bits per heavy atom. The van der Waals surface area contributed by atoms with Gasteiger partial charge >= 0.3 is 0 Å². The number of rotatable bonds is 5. The van der Waals surface area contributed by atoms with E-state index in [2.05, 4.69) is 26.2 Å². The minimum atomic E-state index is -0.263. The van der Waals surface area contributed by atoms with E-state index in [0.717, 1.165) is 23.9 Å². The summed E-state index contributed by atoms with van der Waals surface area (Å²) in [4.78, 5) is 45.6. The molecule has 2 saturated heterocycles. The summed E-state index contributed by atoms with van der Waals surface area (Å²) in [5.74, 6) is 0.639. The first-order chi connectivity index (χ1) is 13.5. The summed E-state index contributed by atoms with van der Waals surface area (Å²) in [6.07, 6.45) is 5.88. The van der Waals surface area contributed by atoms with E-state index < -0.39 is 0 Å². The summed E-state index contributed by atoms with van der Waals surface area (Å²) in [6.45, 7) is 2.40. The zero-order chi connectivity index (χ0) is 19.7. The largest absolute Gasteiger partial charge is 0.342 e. The zero-order valence-corrected chi connectivity index (χ0v) is 17.4. The Morgan fingerprint density at radius 1 is 1.18 bits per heavy atom. The van der Waals surface area contributed by atoms with E-state index in [1.165, 1.54) is 12.8 Å². The van der Waals surface area contributed by atoms with E-state index in [-0.39, 0.29) is 29.6 Å². The molecule has 0 spiro atoms. The number of pyridine rings is 1. The minimum Gasteiger partial charge on any atom is -0.342 e. The standard InChI is InChI=1S/C20H25BrN4O3/c21-16-5-6-17(22-9-16)23-19(27)14-2-1-7-24(11-14)20(28)15-8-18(26)25(12-15)10-13-3-4-13/h5-6,9,13-15H,1-4,7-8,10-12H2,(H,22,23,27). The van der Waals surface area contributed by atoms with Crippen molar-refractivity contribution in [2.24, 2.45) is 17.8 Å². The molecular weight excluding hydrogens is 424 g/mol. The van der Waals surface area contributed by atoms with Crippen molar-refractivity contribution in [3.63, 3.8) is 0 Å². The number of anilines is 1. The highest BCUT2D eigenvalue weighted by Gasteiger charge is 2.40. The van der Waals surface area contributed by atoms with Crippen LogP contribution in [-0.2, 0) is 14.4 Å². The quantitative estimate of drug-likeness (QED) is 0.748. The molecule has 3 heterocycles. The van der Waals surface area contributed by atoms with Gasteiger partial charge in [0.1, 0.15) is 5.82 Å². The smallest absolute Gasteiger partial charge is 0.230 e. The third-order valence-electron chi connectivity index (χ3n) is 5.82. The molecule has 1 N–H and O–H groups in total. The molecule has 150 valence electrons. The molecular formula is C20H25BrN4O3. The molecule has 8 heteroatoms. The van der Waals surface area contributed by atoms with Crippen molar-refractivity contribution in [3.05, 3.63) is 22.8 Å². The Morgan fingerprint density at radius 2 is 2.00 bits per heavy atom. The molecule has 1 saturated carbocycles. The summed E-state index contributed by atoms with van der Waals surface area (Å²) in [5, 5.41) is 2.84. The Labute approximate surface area is 173 Å². The number of aromatic nitrogens is 1. The van der Waals surface area contributed by atoms with Crippen LogP contribution < -0.4 is 5.32 Å². The number of nitrogens with zero attached hydrogens (tertiary/aromatic N) is 3. The average Bonchev–Trinajstić information content (AvgIpc) is 3.44. The lowest BCUT2D eigenvalue weighted by atomic mass is 9.95. The molecule has 0 aromatic carbocycles. The highest BCUT2D eigenvalue weighted by atomic mass is 79.9. The Hall–Kier alpha value is -1.96. The van der Waals surface area contributed by atoms with E-state index in [0.29, 0.717) is 37.8 Å². The molecule has 1 aromatic heterocycles. The molecule has 0 bridgehead atoms. The van der Waals surface area contributed by atoms with E-state index in [4.69, 9.17) is 0 Å². The molecule has 1 aliphatic carbocycles. The van der Waals surface area contributed by atoms with Gasteiger partial charge in [0, 0.05) is 43.3 Å². The van der Waals surface area contributed by atoms with Crippen LogP contribution in [0.25, 0.3) is 0 Å². The third kappa shape index (κ3) is 4.54. The van der Waals surface area contributed by atoms with Crippen molar-refractivity contribution in [3.8, 4) is 0 Å². The highest BCUT2D eigenvalue weighted by molar-refractivity contribution is 9.10. The molecule has 2 unspecified atom stereocenters. The number of amides is 3. The molecule has 2 atom stereocenters. The average molecular weight is 449 g/mol. The van der Waals surface area contributed by atoms with Crippen LogP contribution in [0, 0.1) is 17.8 Å². The fraction of sp³-hybridized carbons (Fsp3) is 0.600. The predicted molar refractivity (Wildman–Crippen MR) is 107 cm³/mol. The van der Waals surface area contributed by atoms with E-state index in [9.17, 15) is 14.4 Å². The van der Waals surface area contributed by atoms with Gasteiger partial charge in [-0.05, 0) is 59.7 Å². The first-order valence-electron chi connectivity index (χ1n) is 9.98. The van der Waals surface area contributed by atoms with Crippen molar-refractivity contribution in [2.45, 2.75) is 32.1 Å². The van der Waals surface area contributed by atoms with Crippen molar-refractivity contribution in [1.29, 1.82) is 0 Å². The van der Waals surface area contributed by atoms with Gasteiger partial charge in [-0.25, -0.2) is 4.98 Å². The predicted octanol–water partition coefficient (Wildman–Crippen LogP) is 2.28. The topological polar surface area (TPSA) is 82.6 Å². The molecule has 7 nitrogen and oxygen atoms in total. The van der Waals surface area contributed by atoms with Crippen LogP contribution in [0.5, 0.6) is 0 Å². The number of hydrogen-bond acceptors (Lipinski definition) is 4. The molecule has 2 aliphatic heterocycles. The van der Waals surface area contributed by atoms with Gasteiger partial charge in [-0.15, -0.1) is 0 Å². The van der Waals surface area contributed by atoms with E-state index in [1.807, 2.05) is 11.0 Å². The fourth-order valence-corrected chi connectivity index (χ4v) is 4.29. The van der Waals surface area contributed by atoms with Gasteiger partial charge < -0.3 is 15.1 Å². The van der Waals surface area contributed by atoms with E-state index >= 15 is 0 Å². The molecule has 28 heavy (non-hydrogen) atoms. The molecule has 4 rings (SSSR count). The van der Waals surface area contributed by atoms with Gasteiger partial charge in [-0.1, -0.05) is 0 Å². The number of hydrogen-bond donors (Lipinski definition) is 1. The first kappa shape index (κ1) is 19.4. The number of likely N-dealkylation sites (tertiary alicyclic amines) is 2. The van der Waals surface area contributed by atoms with Crippen molar-refractivity contribution in [1.82, 2.24) is 14.8 Å². The maximum Gasteiger partial charge on any atom is 0.230 e. The molecule has 3 aliphatic rings. The van der Waals surface area contributed by atoms with Crippen molar-refractivity contribution >= 4 is 39.5 Å². The second kappa shape index (κ2) is 8.19. The highest BCUT2D eigenvalue weighted by Crippen LogP contribution is 2.32. The molecule has 1 aromatic rings. The number of carbonyl (C=O) groups is 3. The second-order valence-corrected chi connectivity index (χ2v) is 9.03. The van der Waals surface area contributed by atoms with Crippen molar-refractivity contribution < 1.29 is 14.4 Å². The number of nitrogens with one attached hydrogen (secondary N) is 1. The zero-order valence-electron chi connectivity index (χ0n) is 15.8. The Kier molecular flexibility index (Phi) is 5.66. The maximum atomic E-state index is 13.0. The first-order valence-corrected chi connectivity index (χ1v) is 10.8. The van der Waals surface area contributed by atoms with Gasteiger partial charge in [0.2, 0.25) is 17.7 Å².